The fourth-order valence-corrected chi connectivity index (χ4v) is 4.08. The van der Waals surface area contributed by atoms with Gasteiger partial charge in [0, 0.05) is 24.3 Å². The van der Waals surface area contributed by atoms with Crippen molar-refractivity contribution < 1.29 is 27.8 Å². The van der Waals surface area contributed by atoms with Gasteiger partial charge in [0.2, 0.25) is 5.91 Å². The zero-order valence-electron chi connectivity index (χ0n) is 19.8. The fraction of sp³-hybridized carbons (Fsp3) is 0.296. The molecule has 6 nitrogen and oxygen atoms in total. The smallest absolute Gasteiger partial charge is 0.379 e. The van der Waals surface area contributed by atoms with Crippen LogP contribution in [0.25, 0.3) is 11.1 Å². The summed E-state index contributed by atoms with van der Waals surface area (Å²) >= 11 is 0. The summed E-state index contributed by atoms with van der Waals surface area (Å²) in [4.78, 5) is 14.6. The molecule has 1 saturated heterocycles. The van der Waals surface area contributed by atoms with Crippen LogP contribution in [0.2, 0.25) is 0 Å². The summed E-state index contributed by atoms with van der Waals surface area (Å²) in [5.74, 6) is -0.557. The Morgan fingerprint density at radius 3 is 2.25 bits per heavy atom. The summed E-state index contributed by atoms with van der Waals surface area (Å²) in [6.45, 7) is 3.61. The number of hydrogen-bond acceptors (Lipinski definition) is 5. The summed E-state index contributed by atoms with van der Waals surface area (Å²) in [7, 11) is 0. The van der Waals surface area contributed by atoms with E-state index < -0.39 is 35.6 Å². The topological polar surface area (TPSA) is 73.8 Å². The van der Waals surface area contributed by atoms with Crippen LogP contribution in [0.15, 0.2) is 72.8 Å². The van der Waals surface area contributed by atoms with Crippen LogP contribution in [0, 0.1) is 0 Å². The molecule has 4 rings (SSSR count). The number of carbonyl (C=O) groups excluding carboxylic acids is 1. The standard InChI is InChI=1S/C27H28F3N3O3/c1-18(33-13-15-36-16-14-33)25(34)32-24-17-21(9-12-23(24)27(28,29)30)26(35)31-22-10-7-20(8-11-22)19-5-3-2-4-6-19/h2-12,17-18,26,31,35H,13-16H2,1H3,(H,32,34). The van der Waals surface area contributed by atoms with Crippen molar-refractivity contribution >= 4 is 17.3 Å². The van der Waals surface area contributed by atoms with Gasteiger partial charge in [0.15, 0.2) is 6.23 Å². The van der Waals surface area contributed by atoms with E-state index >= 15 is 0 Å². The number of halogens is 3. The van der Waals surface area contributed by atoms with Gasteiger partial charge in [-0.05, 0) is 42.3 Å². The molecule has 1 amide bonds. The predicted octanol–water partition coefficient (Wildman–Crippen LogP) is 5.13. The van der Waals surface area contributed by atoms with Crippen molar-refractivity contribution in [3.63, 3.8) is 0 Å². The summed E-state index contributed by atoms with van der Waals surface area (Å²) < 4.78 is 46.2. The molecule has 0 aromatic heterocycles. The lowest BCUT2D eigenvalue weighted by Gasteiger charge is -2.31. The minimum absolute atomic E-state index is 0.185. The summed E-state index contributed by atoms with van der Waals surface area (Å²) in [5.41, 5.74) is 1.43. The summed E-state index contributed by atoms with van der Waals surface area (Å²) in [6, 6.07) is 19.7. The average molecular weight is 500 g/mol. The van der Waals surface area contributed by atoms with Gasteiger partial charge >= 0.3 is 6.18 Å². The third-order valence-electron chi connectivity index (χ3n) is 6.19. The first-order chi connectivity index (χ1) is 17.2. The monoisotopic (exact) mass is 499 g/mol. The van der Waals surface area contributed by atoms with Gasteiger partial charge in [0.1, 0.15) is 0 Å². The lowest BCUT2D eigenvalue weighted by molar-refractivity contribution is -0.137. The second-order valence-corrected chi connectivity index (χ2v) is 8.61. The number of aliphatic hydroxyl groups excluding tert-OH is 1. The number of carbonyl (C=O) groups is 1. The highest BCUT2D eigenvalue weighted by atomic mass is 19.4. The second kappa shape index (κ2) is 11.1. The number of anilines is 2. The van der Waals surface area contributed by atoms with Crippen molar-refractivity contribution in [3.8, 4) is 11.1 Å². The first kappa shape index (κ1) is 25.7. The molecule has 0 radical (unpaired) electrons. The van der Waals surface area contributed by atoms with Crippen LogP contribution < -0.4 is 10.6 Å². The van der Waals surface area contributed by atoms with Gasteiger partial charge in [-0.15, -0.1) is 0 Å². The maximum atomic E-state index is 13.7. The molecule has 2 atom stereocenters. The van der Waals surface area contributed by atoms with Crippen molar-refractivity contribution in [2.45, 2.75) is 25.4 Å². The number of ether oxygens (including phenoxy) is 1. The maximum Gasteiger partial charge on any atom is 0.418 e. The molecule has 3 aromatic rings. The van der Waals surface area contributed by atoms with E-state index in [-0.39, 0.29) is 5.56 Å². The van der Waals surface area contributed by atoms with E-state index in [2.05, 4.69) is 10.6 Å². The number of rotatable bonds is 7. The molecule has 1 heterocycles. The zero-order chi connectivity index (χ0) is 25.7. The van der Waals surface area contributed by atoms with E-state index in [9.17, 15) is 23.1 Å². The number of aliphatic hydroxyl groups is 1. The van der Waals surface area contributed by atoms with Crippen LogP contribution in [0.5, 0.6) is 0 Å². The molecule has 1 aliphatic heterocycles. The SMILES string of the molecule is CC(C(=O)Nc1cc(C(O)Nc2ccc(-c3ccccc3)cc2)ccc1C(F)(F)F)N1CCOCC1. The van der Waals surface area contributed by atoms with Crippen LogP contribution in [-0.2, 0) is 15.7 Å². The fourth-order valence-electron chi connectivity index (χ4n) is 4.08. The molecule has 36 heavy (non-hydrogen) atoms. The van der Waals surface area contributed by atoms with Crippen LogP contribution in [0.4, 0.5) is 24.5 Å². The normalized spacial score (nSPS) is 16.2. The average Bonchev–Trinajstić information content (AvgIpc) is 2.89. The van der Waals surface area contributed by atoms with Crippen molar-refractivity contribution in [1.82, 2.24) is 4.90 Å². The number of benzene rings is 3. The maximum absolute atomic E-state index is 13.7. The Morgan fingerprint density at radius 2 is 1.61 bits per heavy atom. The number of morpholine rings is 1. The van der Waals surface area contributed by atoms with Gasteiger partial charge < -0.3 is 20.5 Å². The molecule has 3 aromatic carbocycles. The molecule has 0 saturated carbocycles. The Balaban J connectivity index is 1.50. The molecular formula is C27H28F3N3O3. The Labute approximate surface area is 207 Å². The highest BCUT2D eigenvalue weighted by Gasteiger charge is 2.35. The van der Waals surface area contributed by atoms with Gasteiger partial charge in [0.25, 0.3) is 0 Å². The van der Waals surface area contributed by atoms with Crippen LogP contribution in [0.1, 0.15) is 24.3 Å². The van der Waals surface area contributed by atoms with Gasteiger partial charge in [-0.3, -0.25) is 9.69 Å². The number of amides is 1. The van der Waals surface area contributed by atoms with E-state index in [0.29, 0.717) is 32.0 Å². The third kappa shape index (κ3) is 6.23. The van der Waals surface area contributed by atoms with E-state index in [1.165, 1.54) is 6.07 Å². The lowest BCUT2D eigenvalue weighted by Crippen LogP contribution is -2.47. The molecular weight excluding hydrogens is 471 g/mol. The number of hydrogen-bond donors (Lipinski definition) is 3. The molecule has 1 fully saturated rings. The third-order valence-corrected chi connectivity index (χ3v) is 6.19. The van der Waals surface area contributed by atoms with Crippen molar-refractivity contribution in [2.24, 2.45) is 0 Å². The Kier molecular flexibility index (Phi) is 7.93. The number of nitrogens with one attached hydrogen (secondary N) is 2. The molecule has 0 spiro atoms. The summed E-state index contributed by atoms with van der Waals surface area (Å²) in [5, 5.41) is 16.0. The lowest BCUT2D eigenvalue weighted by atomic mass is 10.0. The molecule has 9 heteroatoms. The molecule has 190 valence electrons. The van der Waals surface area contributed by atoms with Crippen LogP contribution >= 0.6 is 0 Å². The van der Waals surface area contributed by atoms with E-state index in [1.54, 1.807) is 19.1 Å². The van der Waals surface area contributed by atoms with Gasteiger partial charge in [0.05, 0.1) is 30.5 Å². The van der Waals surface area contributed by atoms with Crippen molar-refractivity contribution in [2.75, 3.05) is 36.9 Å². The van der Waals surface area contributed by atoms with E-state index in [1.807, 2.05) is 47.4 Å². The molecule has 1 aliphatic rings. The Morgan fingerprint density at radius 1 is 0.972 bits per heavy atom. The highest BCUT2D eigenvalue weighted by molar-refractivity contribution is 5.95. The first-order valence-electron chi connectivity index (χ1n) is 11.7. The van der Waals surface area contributed by atoms with Gasteiger partial charge in [-0.25, -0.2) is 0 Å². The Hall–Kier alpha value is -3.40. The zero-order valence-corrected chi connectivity index (χ0v) is 19.8. The van der Waals surface area contributed by atoms with E-state index in [4.69, 9.17) is 4.74 Å². The molecule has 0 bridgehead atoms. The number of nitrogens with zero attached hydrogens (tertiary/aromatic N) is 1. The Bertz CT molecular complexity index is 1160. The first-order valence-corrected chi connectivity index (χ1v) is 11.7. The minimum Gasteiger partial charge on any atom is -0.379 e. The largest absolute Gasteiger partial charge is 0.418 e. The molecule has 3 N–H and O–H groups in total. The minimum atomic E-state index is -4.67. The van der Waals surface area contributed by atoms with E-state index in [0.717, 1.165) is 23.3 Å². The number of alkyl halides is 3. The predicted molar refractivity (Wildman–Crippen MR) is 132 cm³/mol. The molecule has 2 unspecified atom stereocenters. The van der Waals surface area contributed by atoms with Crippen LogP contribution in [0.3, 0.4) is 0 Å². The highest BCUT2D eigenvalue weighted by Crippen LogP contribution is 2.36. The summed E-state index contributed by atoms with van der Waals surface area (Å²) in [6.07, 6.45) is -5.96. The quantitative estimate of drug-likeness (QED) is 0.393. The van der Waals surface area contributed by atoms with Gasteiger partial charge in [-0.2, -0.15) is 13.2 Å². The second-order valence-electron chi connectivity index (χ2n) is 8.61. The van der Waals surface area contributed by atoms with Crippen molar-refractivity contribution in [3.05, 3.63) is 83.9 Å². The van der Waals surface area contributed by atoms with Crippen LogP contribution in [-0.4, -0.2) is 48.3 Å². The molecule has 0 aliphatic carbocycles. The van der Waals surface area contributed by atoms with Gasteiger partial charge in [-0.1, -0.05) is 48.5 Å². The van der Waals surface area contributed by atoms with Crippen molar-refractivity contribution in [1.29, 1.82) is 0 Å².